The predicted molar refractivity (Wildman–Crippen MR) is 101 cm³/mol. The number of amides is 1. The Morgan fingerprint density at radius 3 is 2.19 bits per heavy atom. The second-order valence-electron chi connectivity index (χ2n) is 6.46. The van der Waals surface area contributed by atoms with Gasteiger partial charge in [0.15, 0.2) is 0 Å². The summed E-state index contributed by atoms with van der Waals surface area (Å²) in [5, 5.41) is 10.8. The van der Waals surface area contributed by atoms with Gasteiger partial charge in [0.1, 0.15) is 0 Å². The molecule has 0 saturated carbocycles. The van der Waals surface area contributed by atoms with Gasteiger partial charge in [-0.15, -0.1) is 0 Å². The van der Waals surface area contributed by atoms with Crippen LogP contribution < -0.4 is 4.90 Å². The quantitative estimate of drug-likeness (QED) is 0.610. The molecule has 0 radical (unpaired) electrons. The number of rotatable bonds is 5. The van der Waals surface area contributed by atoms with Crippen LogP contribution in [0.3, 0.4) is 0 Å². The van der Waals surface area contributed by atoms with E-state index in [1.165, 1.54) is 12.1 Å². The Balaban J connectivity index is 1.62. The van der Waals surface area contributed by atoms with E-state index in [9.17, 15) is 14.9 Å². The minimum absolute atomic E-state index is 0.0937. The molecule has 1 atom stereocenters. The van der Waals surface area contributed by atoms with E-state index in [1.807, 2.05) is 42.2 Å². The number of nitrogens with zero attached hydrogens (tertiary/aromatic N) is 3. The van der Waals surface area contributed by atoms with Crippen LogP contribution in [-0.2, 0) is 4.79 Å². The Hall–Kier alpha value is -2.89. The highest BCUT2D eigenvalue weighted by Gasteiger charge is 2.27. The van der Waals surface area contributed by atoms with Crippen LogP contribution in [0.4, 0.5) is 11.4 Å². The third-order valence-electron chi connectivity index (χ3n) is 4.93. The molecule has 1 fully saturated rings. The van der Waals surface area contributed by atoms with Crippen molar-refractivity contribution in [2.24, 2.45) is 0 Å². The molecule has 0 bridgehead atoms. The maximum Gasteiger partial charge on any atom is 0.269 e. The molecule has 6 heteroatoms. The molecule has 1 heterocycles. The third-order valence-corrected chi connectivity index (χ3v) is 4.93. The number of hydrogen-bond donors (Lipinski definition) is 0. The SMILES string of the molecule is CCC(C(=O)N1CCN(c2ccc([N+](=O)[O-])cc2)CC1)c1ccccc1. The monoisotopic (exact) mass is 353 g/mol. The fraction of sp³-hybridized carbons (Fsp3) is 0.350. The zero-order chi connectivity index (χ0) is 18.5. The van der Waals surface area contributed by atoms with Gasteiger partial charge in [0.2, 0.25) is 5.91 Å². The van der Waals surface area contributed by atoms with Gasteiger partial charge in [0.05, 0.1) is 10.8 Å². The molecule has 2 aromatic carbocycles. The van der Waals surface area contributed by atoms with Gasteiger partial charge in [-0.25, -0.2) is 0 Å². The van der Waals surface area contributed by atoms with Crippen molar-refractivity contribution in [1.29, 1.82) is 0 Å². The van der Waals surface area contributed by atoms with Crippen molar-refractivity contribution in [3.8, 4) is 0 Å². The second kappa shape index (κ2) is 7.99. The van der Waals surface area contributed by atoms with Crippen molar-refractivity contribution in [2.75, 3.05) is 31.1 Å². The zero-order valence-electron chi connectivity index (χ0n) is 14.9. The molecular weight excluding hydrogens is 330 g/mol. The standard InChI is InChI=1S/C20H23N3O3/c1-2-19(16-6-4-3-5-7-16)20(24)22-14-12-21(13-15-22)17-8-10-18(11-9-17)23(25)26/h3-11,19H,2,12-15H2,1H3. The van der Waals surface area contributed by atoms with Crippen molar-refractivity contribution in [3.63, 3.8) is 0 Å². The van der Waals surface area contributed by atoms with Gasteiger partial charge < -0.3 is 9.80 Å². The Morgan fingerprint density at radius 1 is 1.04 bits per heavy atom. The molecular formula is C20H23N3O3. The first kappa shape index (κ1) is 17.9. The number of nitro benzene ring substituents is 1. The van der Waals surface area contributed by atoms with Gasteiger partial charge in [-0.05, 0) is 24.1 Å². The lowest BCUT2D eigenvalue weighted by molar-refractivity contribution is -0.384. The lowest BCUT2D eigenvalue weighted by Crippen LogP contribution is -2.50. The van der Waals surface area contributed by atoms with Crippen LogP contribution in [0.25, 0.3) is 0 Å². The minimum atomic E-state index is -0.394. The molecule has 26 heavy (non-hydrogen) atoms. The number of piperazine rings is 1. The highest BCUT2D eigenvalue weighted by atomic mass is 16.6. The Morgan fingerprint density at radius 2 is 1.65 bits per heavy atom. The number of hydrogen-bond acceptors (Lipinski definition) is 4. The summed E-state index contributed by atoms with van der Waals surface area (Å²) in [6, 6.07) is 16.5. The summed E-state index contributed by atoms with van der Waals surface area (Å²) >= 11 is 0. The van der Waals surface area contributed by atoms with E-state index in [-0.39, 0.29) is 17.5 Å². The highest BCUT2D eigenvalue weighted by molar-refractivity contribution is 5.84. The van der Waals surface area contributed by atoms with Gasteiger partial charge >= 0.3 is 0 Å². The van der Waals surface area contributed by atoms with Crippen LogP contribution in [0.2, 0.25) is 0 Å². The third kappa shape index (κ3) is 3.85. The van der Waals surface area contributed by atoms with E-state index in [0.29, 0.717) is 13.1 Å². The van der Waals surface area contributed by atoms with E-state index in [2.05, 4.69) is 4.90 Å². The molecule has 6 nitrogen and oxygen atoms in total. The number of carbonyl (C=O) groups excluding carboxylic acids is 1. The number of anilines is 1. The maximum atomic E-state index is 12.9. The number of benzene rings is 2. The Kier molecular flexibility index (Phi) is 5.51. The zero-order valence-corrected chi connectivity index (χ0v) is 14.9. The van der Waals surface area contributed by atoms with E-state index in [1.54, 1.807) is 12.1 Å². The molecule has 1 amide bonds. The Bertz CT molecular complexity index is 754. The van der Waals surface area contributed by atoms with Crippen LogP contribution in [0.5, 0.6) is 0 Å². The number of non-ortho nitro benzene ring substituents is 1. The lowest BCUT2D eigenvalue weighted by atomic mass is 9.95. The molecule has 136 valence electrons. The van der Waals surface area contributed by atoms with Gasteiger partial charge in [-0.2, -0.15) is 0 Å². The molecule has 1 unspecified atom stereocenters. The van der Waals surface area contributed by atoms with E-state index in [0.717, 1.165) is 30.8 Å². The smallest absolute Gasteiger partial charge is 0.269 e. The molecule has 0 spiro atoms. The number of carbonyl (C=O) groups is 1. The van der Waals surface area contributed by atoms with Crippen LogP contribution in [0, 0.1) is 10.1 Å². The van der Waals surface area contributed by atoms with Crippen molar-refractivity contribution in [1.82, 2.24) is 4.90 Å². The maximum absolute atomic E-state index is 12.9. The second-order valence-corrected chi connectivity index (χ2v) is 6.46. The van der Waals surface area contributed by atoms with Gasteiger partial charge in [0, 0.05) is 44.0 Å². The molecule has 0 aliphatic carbocycles. The summed E-state index contributed by atoms with van der Waals surface area (Å²) < 4.78 is 0. The molecule has 1 saturated heterocycles. The summed E-state index contributed by atoms with van der Waals surface area (Å²) in [6.45, 7) is 4.84. The van der Waals surface area contributed by atoms with Crippen LogP contribution in [0.1, 0.15) is 24.8 Å². The van der Waals surface area contributed by atoms with E-state index >= 15 is 0 Å². The summed E-state index contributed by atoms with van der Waals surface area (Å²) in [4.78, 5) is 27.4. The van der Waals surface area contributed by atoms with Crippen molar-refractivity contribution >= 4 is 17.3 Å². The van der Waals surface area contributed by atoms with Crippen LogP contribution in [0.15, 0.2) is 54.6 Å². The molecule has 1 aliphatic rings. The molecule has 0 aromatic heterocycles. The van der Waals surface area contributed by atoms with E-state index < -0.39 is 4.92 Å². The van der Waals surface area contributed by atoms with Crippen molar-refractivity contribution in [2.45, 2.75) is 19.3 Å². The normalized spacial score (nSPS) is 15.6. The first-order valence-corrected chi connectivity index (χ1v) is 8.93. The predicted octanol–water partition coefficient (Wildman–Crippen LogP) is 3.44. The van der Waals surface area contributed by atoms with Crippen molar-refractivity contribution < 1.29 is 9.72 Å². The highest BCUT2D eigenvalue weighted by Crippen LogP contribution is 2.24. The summed E-state index contributed by atoms with van der Waals surface area (Å²) in [5.41, 5.74) is 2.12. The first-order valence-electron chi connectivity index (χ1n) is 8.93. The summed E-state index contributed by atoms with van der Waals surface area (Å²) in [6.07, 6.45) is 0.783. The van der Waals surface area contributed by atoms with Gasteiger partial charge in [-0.1, -0.05) is 37.3 Å². The molecule has 0 N–H and O–H groups in total. The lowest BCUT2D eigenvalue weighted by Gasteiger charge is -2.37. The topological polar surface area (TPSA) is 66.7 Å². The van der Waals surface area contributed by atoms with Crippen molar-refractivity contribution in [3.05, 3.63) is 70.3 Å². The fourth-order valence-corrected chi connectivity index (χ4v) is 3.43. The molecule has 2 aromatic rings. The van der Waals surface area contributed by atoms with Gasteiger partial charge in [0.25, 0.3) is 5.69 Å². The van der Waals surface area contributed by atoms with Crippen LogP contribution in [-0.4, -0.2) is 41.9 Å². The summed E-state index contributed by atoms with van der Waals surface area (Å²) in [7, 11) is 0. The van der Waals surface area contributed by atoms with Crippen LogP contribution >= 0.6 is 0 Å². The first-order chi connectivity index (χ1) is 12.6. The number of nitro groups is 1. The fourth-order valence-electron chi connectivity index (χ4n) is 3.43. The van der Waals surface area contributed by atoms with E-state index in [4.69, 9.17) is 0 Å². The molecule has 3 rings (SSSR count). The summed E-state index contributed by atoms with van der Waals surface area (Å²) in [5.74, 6) is 0.0872. The van der Waals surface area contributed by atoms with Gasteiger partial charge in [-0.3, -0.25) is 14.9 Å². The largest absolute Gasteiger partial charge is 0.368 e. The Labute approximate surface area is 153 Å². The average Bonchev–Trinajstić information content (AvgIpc) is 2.69. The minimum Gasteiger partial charge on any atom is -0.368 e. The average molecular weight is 353 g/mol. The molecule has 1 aliphatic heterocycles.